The van der Waals surface area contributed by atoms with Gasteiger partial charge in [-0.25, -0.2) is 4.39 Å². The number of nitrogens with two attached hydrogens (primary N) is 1. The number of aryl methyl sites for hydroxylation is 1. The molecule has 1 aliphatic carbocycles. The minimum absolute atomic E-state index is 0.0110. The number of rotatable bonds is 5. The summed E-state index contributed by atoms with van der Waals surface area (Å²) in [7, 11) is 0. The Morgan fingerprint density at radius 2 is 2.08 bits per heavy atom. The van der Waals surface area contributed by atoms with E-state index in [1.165, 1.54) is 12.3 Å². The summed E-state index contributed by atoms with van der Waals surface area (Å²) < 4.78 is 15.7. The van der Waals surface area contributed by atoms with Crippen molar-refractivity contribution in [3.05, 3.63) is 63.4 Å². The monoisotopic (exact) mass is 396 g/mol. The molecule has 4 nitrogen and oxygen atoms in total. The minimum atomic E-state index is -2.17. The maximum absolute atomic E-state index is 15.7. The molecule has 0 spiro atoms. The fourth-order valence-corrected chi connectivity index (χ4v) is 3.89. The van der Waals surface area contributed by atoms with Gasteiger partial charge in [0.15, 0.2) is 11.5 Å². The number of hydrogen-bond acceptors (Lipinski definition) is 4. The Morgan fingerprint density at radius 3 is 2.77 bits per heavy atom. The van der Waals surface area contributed by atoms with E-state index in [2.05, 4.69) is 4.98 Å². The molecule has 138 valence electrons. The Morgan fingerprint density at radius 1 is 1.31 bits per heavy atom. The number of carbonyl (C=O) groups excluding carboxylic acids is 1. The third-order valence-corrected chi connectivity index (χ3v) is 5.57. The zero-order valence-electron chi connectivity index (χ0n) is 14.0. The van der Waals surface area contributed by atoms with E-state index in [-0.39, 0.29) is 37.1 Å². The van der Waals surface area contributed by atoms with Crippen LogP contribution in [0.3, 0.4) is 0 Å². The second-order valence-electron chi connectivity index (χ2n) is 6.67. The van der Waals surface area contributed by atoms with Crippen LogP contribution in [0.1, 0.15) is 36.1 Å². The van der Waals surface area contributed by atoms with Crippen molar-refractivity contribution < 1.29 is 14.3 Å². The van der Waals surface area contributed by atoms with E-state index in [0.29, 0.717) is 16.5 Å². The molecule has 1 aromatic heterocycles. The molecule has 0 aliphatic heterocycles. The molecule has 0 radical (unpaired) electrons. The molecule has 1 aliphatic rings. The zero-order valence-corrected chi connectivity index (χ0v) is 15.5. The normalized spacial score (nSPS) is 25.0. The molecular formula is C19H19Cl2FN2O2. The molecular weight excluding hydrogens is 378 g/mol. The molecule has 0 unspecified atom stereocenters. The van der Waals surface area contributed by atoms with Crippen molar-refractivity contribution in [1.29, 1.82) is 0 Å². The summed E-state index contributed by atoms with van der Waals surface area (Å²) in [5.74, 6) is -0.544. The third kappa shape index (κ3) is 3.37. The van der Waals surface area contributed by atoms with Crippen molar-refractivity contribution >= 4 is 29.0 Å². The van der Waals surface area contributed by atoms with Gasteiger partial charge in [-0.15, -0.1) is 0 Å². The van der Waals surface area contributed by atoms with E-state index in [0.717, 1.165) is 5.56 Å². The first-order valence-electron chi connectivity index (χ1n) is 8.32. The maximum atomic E-state index is 15.7. The zero-order chi connectivity index (χ0) is 18.9. The molecule has 0 amide bonds. The second-order valence-corrected chi connectivity index (χ2v) is 7.52. The summed E-state index contributed by atoms with van der Waals surface area (Å²) in [4.78, 5) is 16.9. The van der Waals surface area contributed by atoms with Crippen molar-refractivity contribution in [3.8, 4) is 0 Å². The first kappa shape index (κ1) is 19.2. The standard InChI is InChI=1S/C19H19Cl2FN2O2/c20-13-5-3-12(15(21)10-13)4-6-16(26)19(22)8-7-18(23,11-25)17-14(19)2-1-9-24-17/h1-3,5,9-10,25H,4,6-8,11,23H2/t18-,19-/m0/s1. The Hall–Kier alpha value is -1.53. The van der Waals surface area contributed by atoms with Gasteiger partial charge in [0.2, 0.25) is 0 Å². The average molecular weight is 397 g/mol. The number of pyridine rings is 1. The van der Waals surface area contributed by atoms with Crippen LogP contribution in [0.15, 0.2) is 36.5 Å². The summed E-state index contributed by atoms with van der Waals surface area (Å²) in [5.41, 5.74) is 4.00. The lowest BCUT2D eigenvalue weighted by molar-refractivity contribution is -0.133. The van der Waals surface area contributed by atoms with Gasteiger partial charge < -0.3 is 10.8 Å². The summed E-state index contributed by atoms with van der Waals surface area (Å²) in [5, 5.41) is 10.6. The van der Waals surface area contributed by atoms with E-state index in [1.54, 1.807) is 24.3 Å². The first-order chi connectivity index (χ1) is 12.3. The smallest absolute Gasteiger partial charge is 0.195 e. The molecule has 3 N–H and O–H groups in total. The molecule has 0 fully saturated rings. The van der Waals surface area contributed by atoms with Crippen LogP contribution >= 0.6 is 23.2 Å². The van der Waals surface area contributed by atoms with Crippen LogP contribution in [0.25, 0.3) is 0 Å². The number of hydrogen-bond donors (Lipinski definition) is 2. The molecule has 7 heteroatoms. The molecule has 0 saturated carbocycles. The number of aliphatic hydroxyl groups excluding tert-OH is 1. The Labute approximate surface area is 161 Å². The van der Waals surface area contributed by atoms with E-state index < -0.39 is 17.0 Å². The summed E-state index contributed by atoms with van der Waals surface area (Å²) in [6, 6.07) is 8.10. The lowest BCUT2D eigenvalue weighted by atomic mass is 9.71. The van der Waals surface area contributed by atoms with E-state index in [9.17, 15) is 9.90 Å². The molecule has 2 atom stereocenters. The van der Waals surface area contributed by atoms with Gasteiger partial charge in [-0.05, 0) is 43.0 Å². The number of fused-ring (bicyclic) bond motifs is 1. The largest absolute Gasteiger partial charge is 0.394 e. The number of alkyl halides is 1. The number of aromatic nitrogens is 1. The quantitative estimate of drug-likeness (QED) is 0.807. The van der Waals surface area contributed by atoms with Crippen LogP contribution in [0.2, 0.25) is 10.0 Å². The third-order valence-electron chi connectivity index (χ3n) is 4.98. The summed E-state index contributed by atoms with van der Waals surface area (Å²) in [6.45, 7) is -0.359. The van der Waals surface area contributed by atoms with Gasteiger partial charge in [-0.2, -0.15) is 0 Å². The Balaban J connectivity index is 1.85. The van der Waals surface area contributed by atoms with Crippen LogP contribution in [0.4, 0.5) is 4.39 Å². The van der Waals surface area contributed by atoms with Crippen molar-refractivity contribution in [2.45, 2.75) is 36.9 Å². The highest BCUT2D eigenvalue weighted by Crippen LogP contribution is 2.45. The van der Waals surface area contributed by atoms with E-state index in [1.807, 2.05) is 0 Å². The lowest BCUT2D eigenvalue weighted by Crippen LogP contribution is -2.50. The van der Waals surface area contributed by atoms with Crippen molar-refractivity contribution in [2.75, 3.05) is 6.61 Å². The van der Waals surface area contributed by atoms with Gasteiger partial charge in [0.05, 0.1) is 17.8 Å². The van der Waals surface area contributed by atoms with Crippen LogP contribution in [0, 0.1) is 0 Å². The van der Waals surface area contributed by atoms with Crippen LogP contribution in [0.5, 0.6) is 0 Å². The van der Waals surface area contributed by atoms with Gasteiger partial charge in [-0.3, -0.25) is 9.78 Å². The summed E-state index contributed by atoms with van der Waals surface area (Å²) >= 11 is 12.0. The fraction of sp³-hybridized carbons (Fsp3) is 0.368. The highest BCUT2D eigenvalue weighted by Gasteiger charge is 2.50. The van der Waals surface area contributed by atoms with Crippen LogP contribution in [-0.2, 0) is 22.4 Å². The molecule has 0 saturated heterocycles. The SMILES string of the molecule is N[C@]1(CO)CC[C@@](F)(C(=O)CCc2ccc(Cl)cc2Cl)c2cccnc21. The van der Waals surface area contributed by atoms with Crippen molar-refractivity contribution in [2.24, 2.45) is 5.73 Å². The predicted octanol–water partition coefficient (Wildman–Crippen LogP) is 3.70. The van der Waals surface area contributed by atoms with E-state index in [4.69, 9.17) is 28.9 Å². The van der Waals surface area contributed by atoms with Crippen LogP contribution < -0.4 is 5.73 Å². The van der Waals surface area contributed by atoms with Gasteiger partial charge in [0, 0.05) is 28.2 Å². The van der Waals surface area contributed by atoms with Crippen LogP contribution in [-0.4, -0.2) is 22.5 Å². The van der Waals surface area contributed by atoms with Crippen molar-refractivity contribution in [3.63, 3.8) is 0 Å². The highest BCUT2D eigenvalue weighted by molar-refractivity contribution is 6.35. The molecule has 3 rings (SSSR count). The van der Waals surface area contributed by atoms with Gasteiger partial charge >= 0.3 is 0 Å². The van der Waals surface area contributed by atoms with Gasteiger partial charge in [-0.1, -0.05) is 35.3 Å². The number of ketones is 1. The number of benzene rings is 1. The fourth-order valence-electron chi connectivity index (χ4n) is 3.38. The second kappa shape index (κ2) is 7.24. The number of Topliss-reactive ketones (excluding diaryl/α,β-unsaturated/α-hetero) is 1. The number of carbonyl (C=O) groups is 1. The lowest BCUT2D eigenvalue weighted by Gasteiger charge is -2.39. The van der Waals surface area contributed by atoms with Crippen molar-refractivity contribution in [1.82, 2.24) is 4.98 Å². The Bertz CT molecular complexity index is 848. The molecule has 0 bridgehead atoms. The molecule has 26 heavy (non-hydrogen) atoms. The molecule has 2 aromatic rings. The minimum Gasteiger partial charge on any atom is -0.394 e. The van der Waals surface area contributed by atoms with E-state index >= 15 is 4.39 Å². The maximum Gasteiger partial charge on any atom is 0.195 e. The molecule has 1 aromatic carbocycles. The molecule has 1 heterocycles. The van der Waals surface area contributed by atoms with Gasteiger partial charge in [0.1, 0.15) is 0 Å². The average Bonchev–Trinajstić information content (AvgIpc) is 2.64. The first-order valence-corrected chi connectivity index (χ1v) is 9.07. The number of nitrogens with zero attached hydrogens (tertiary/aromatic N) is 1. The number of halogens is 3. The topological polar surface area (TPSA) is 76.2 Å². The highest BCUT2D eigenvalue weighted by atomic mass is 35.5. The summed E-state index contributed by atoms with van der Waals surface area (Å²) in [6.07, 6.45) is 1.83. The van der Waals surface area contributed by atoms with Gasteiger partial charge in [0.25, 0.3) is 0 Å². The Kier molecular flexibility index (Phi) is 5.35. The number of aliphatic hydroxyl groups is 1. The predicted molar refractivity (Wildman–Crippen MR) is 99.0 cm³/mol.